The van der Waals surface area contributed by atoms with Gasteiger partial charge in [0, 0.05) is 19.1 Å². The van der Waals surface area contributed by atoms with Gasteiger partial charge in [0.05, 0.1) is 0 Å². The van der Waals surface area contributed by atoms with Gasteiger partial charge in [-0.25, -0.2) is 17.2 Å². The van der Waals surface area contributed by atoms with Crippen molar-refractivity contribution in [3.63, 3.8) is 0 Å². The van der Waals surface area contributed by atoms with Gasteiger partial charge in [-0.05, 0) is 37.1 Å². The minimum absolute atomic E-state index is 0.131. The zero-order chi connectivity index (χ0) is 13.6. The maximum Gasteiger partial charge on any atom is 0.246 e. The third-order valence-electron chi connectivity index (χ3n) is 3.84. The fraction of sp³-hybridized carbons (Fsp3) is 0.500. The fourth-order valence-electron chi connectivity index (χ4n) is 2.82. The molecule has 0 bridgehead atoms. The lowest BCUT2D eigenvalue weighted by molar-refractivity contribution is 0.442. The summed E-state index contributed by atoms with van der Waals surface area (Å²) in [5.74, 6) is -1.39. The van der Waals surface area contributed by atoms with E-state index in [2.05, 4.69) is 5.32 Å². The molecule has 2 aliphatic heterocycles. The van der Waals surface area contributed by atoms with Crippen LogP contribution in [0.5, 0.6) is 0 Å². The van der Waals surface area contributed by atoms with Gasteiger partial charge in [0.25, 0.3) is 0 Å². The lowest BCUT2D eigenvalue weighted by Gasteiger charge is -2.17. The Kier molecular flexibility index (Phi) is 3.07. The largest absolute Gasteiger partial charge is 0.312 e. The molecular weight excluding hydrogens is 274 g/mol. The smallest absolute Gasteiger partial charge is 0.246 e. The zero-order valence-electron chi connectivity index (χ0n) is 10.1. The number of fused-ring (bicyclic) bond motifs is 1. The molecule has 7 heteroatoms. The highest BCUT2D eigenvalue weighted by molar-refractivity contribution is 7.89. The highest BCUT2D eigenvalue weighted by Gasteiger charge is 2.42. The maximum atomic E-state index is 13.6. The maximum absolute atomic E-state index is 13.6. The number of nitrogens with one attached hydrogen (secondary N) is 1. The van der Waals surface area contributed by atoms with E-state index in [9.17, 15) is 17.2 Å². The third-order valence-corrected chi connectivity index (χ3v) is 5.69. The van der Waals surface area contributed by atoms with Gasteiger partial charge in [-0.3, -0.25) is 0 Å². The van der Waals surface area contributed by atoms with E-state index < -0.39 is 26.6 Å². The summed E-state index contributed by atoms with van der Waals surface area (Å²) >= 11 is 0. The molecule has 0 radical (unpaired) electrons. The number of hydrogen-bond donors (Lipinski definition) is 1. The van der Waals surface area contributed by atoms with Crippen molar-refractivity contribution in [2.24, 2.45) is 5.92 Å². The SMILES string of the molecule is O=S(=O)(c1cc(F)ccc1F)N1C[C@@H]2CCN[C@@H]2C1. The van der Waals surface area contributed by atoms with Crippen LogP contribution >= 0.6 is 0 Å². The fourth-order valence-corrected chi connectivity index (χ4v) is 4.42. The van der Waals surface area contributed by atoms with Gasteiger partial charge in [0.15, 0.2) is 0 Å². The van der Waals surface area contributed by atoms with Crippen LogP contribution in [0.4, 0.5) is 8.78 Å². The zero-order valence-corrected chi connectivity index (χ0v) is 11.0. The molecule has 19 heavy (non-hydrogen) atoms. The quantitative estimate of drug-likeness (QED) is 0.881. The average Bonchev–Trinajstić information content (AvgIpc) is 2.92. The van der Waals surface area contributed by atoms with E-state index in [1.54, 1.807) is 0 Å². The molecule has 2 fully saturated rings. The molecule has 1 aromatic carbocycles. The third kappa shape index (κ3) is 2.15. The van der Waals surface area contributed by atoms with Crippen LogP contribution in [0.2, 0.25) is 0 Å². The van der Waals surface area contributed by atoms with Crippen LogP contribution in [0.3, 0.4) is 0 Å². The summed E-state index contributed by atoms with van der Waals surface area (Å²) < 4.78 is 52.7. The summed E-state index contributed by atoms with van der Waals surface area (Å²) in [5, 5.41) is 3.22. The first kappa shape index (κ1) is 13.0. The van der Waals surface area contributed by atoms with E-state index in [0.29, 0.717) is 13.1 Å². The topological polar surface area (TPSA) is 49.4 Å². The molecule has 2 saturated heterocycles. The van der Waals surface area contributed by atoms with Gasteiger partial charge in [-0.1, -0.05) is 0 Å². The molecule has 2 heterocycles. The Morgan fingerprint density at radius 1 is 1.26 bits per heavy atom. The van der Waals surface area contributed by atoms with Crippen LogP contribution in [0.1, 0.15) is 6.42 Å². The average molecular weight is 288 g/mol. The number of rotatable bonds is 2. The molecule has 1 N–H and O–H groups in total. The van der Waals surface area contributed by atoms with E-state index in [0.717, 1.165) is 31.2 Å². The van der Waals surface area contributed by atoms with Crippen molar-refractivity contribution in [2.45, 2.75) is 17.4 Å². The summed E-state index contributed by atoms with van der Waals surface area (Å²) in [4.78, 5) is -0.576. The van der Waals surface area contributed by atoms with Crippen LogP contribution in [0, 0.1) is 17.6 Å². The predicted octanol–water partition coefficient (Wildman–Crippen LogP) is 0.947. The van der Waals surface area contributed by atoms with Crippen LogP contribution < -0.4 is 5.32 Å². The Morgan fingerprint density at radius 3 is 2.79 bits per heavy atom. The normalized spacial score (nSPS) is 27.7. The van der Waals surface area contributed by atoms with Gasteiger partial charge >= 0.3 is 0 Å². The standard InChI is InChI=1S/C12H14F2N2O2S/c13-9-1-2-10(14)12(5-9)19(17,18)16-6-8-3-4-15-11(8)7-16/h1-2,5,8,11,15H,3-4,6-7H2/t8-,11+/m0/s1. The summed E-state index contributed by atoms with van der Waals surface area (Å²) in [7, 11) is -3.96. The molecule has 0 aromatic heterocycles. The van der Waals surface area contributed by atoms with E-state index in [1.807, 2.05) is 0 Å². The number of nitrogens with zero attached hydrogens (tertiary/aromatic N) is 1. The number of halogens is 2. The number of hydrogen-bond acceptors (Lipinski definition) is 3. The van der Waals surface area contributed by atoms with E-state index in [-0.39, 0.29) is 12.0 Å². The number of benzene rings is 1. The van der Waals surface area contributed by atoms with Crippen molar-refractivity contribution in [2.75, 3.05) is 19.6 Å². The van der Waals surface area contributed by atoms with Crippen molar-refractivity contribution in [1.29, 1.82) is 0 Å². The van der Waals surface area contributed by atoms with Gasteiger partial charge in [-0.2, -0.15) is 4.31 Å². The highest BCUT2D eigenvalue weighted by atomic mass is 32.2. The van der Waals surface area contributed by atoms with Gasteiger partial charge in [-0.15, -0.1) is 0 Å². The van der Waals surface area contributed by atoms with Crippen LogP contribution in [0.25, 0.3) is 0 Å². The second-order valence-corrected chi connectivity index (χ2v) is 6.91. The van der Waals surface area contributed by atoms with E-state index in [4.69, 9.17) is 0 Å². The summed E-state index contributed by atoms with van der Waals surface area (Å²) in [6, 6.07) is 2.63. The van der Waals surface area contributed by atoms with Gasteiger partial charge < -0.3 is 5.32 Å². The lowest BCUT2D eigenvalue weighted by Crippen LogP contribution is -2.34. The Labute approximate surface area is 110 Å². The molecule has 0 aliphatic carbocycles. The summed E-state index contributed by atoms with van der Waals surface area (Å²) in [6.07, 6.45) is 0.919. The Balaban J connectivity index is 1.93. The number of sulfonamides is 1. The summed E-state index contributed by atoms with van der Waals surface area (Å²) in [6.45, 7) is 1.58. The minimum Gasteiger partial charge on any atom is -0.312 e. The lowest BCUT2D eigenvalue weighted by atomic mass is 10.1. The first-order chi connectivity index (χ1) is 8.98. The van der Waals surface area contributed by atoms with Crippen molar-refractivity contribution in [1.82, 2.24) is 9.62 Å². The van der Waals surface area contributed by atoms with Crippen molar-refractivity contribution in [3.8, 4) is 0 Å². The second kappa shape index (κ2) is 4.50. The molecule has 104 valence electrons. The van der Waals surface area contributed by atoms with Crippen LogP contribution in [0.15, 0.2) is 23.1 Å². The molecule has 0 saturated carbocycles. The molecule has 2 aliphatic rings. The van der Waals surface area contributed by atoms with Crippen molar-refractivity contribution < 1.29 is 17.2 Å². The van der Waals surface area contributed by atoms with Gasteiger partial charge in [0.1, 0.15) is 16.5 Å². The molecule has 1 aromatic rings. The molecular formula is C12H14F2N2O2S. The highest BCUT2D eigenvalue weighted by Crippen LogP contribution is 2.30. The Morgan fingerprint density at radius 2 is 2.05 bits per heavy atom. The molecule has 0 amide bonds. The molecule has 3 rings (SSSR count). The molecule has 4 nitrogen and oxygen atoms in total. The molecule has 0 spiro atoms. The van der Waals surface area contributed by atoms with Crippen molar-refractivity contribution >= 4 is 10.0 Å². The van der Waals surface area contributed by atoms with E-state index >= 15 is 0 Å². The first-order valence-electron chi connectivity index (χ1n) is 6.17. The summed E-state index contributed by atoms with van der Waals surface area (Å²) in [5.41, 5.74) is 0. The van der Waals surface area contributed by atoms with Gasteiger partial charge in [0.2, 0.25) is 10.0 Å². The van der Waals surface area contributed by atoms with Crippen molar-refractivity contribution in [3.05, 3.63) is 29.8 Å². The van der Waals surface area contributed by atoms with Crippen LogP contribution in [-0.4, -0.2) is 38.4 Å². The minimum atomic E-state index is -3.96. The molecule has 0 unspecified atom stereocenters. The predicted molar refractivity (Wildman–Crippen MR) is 65.0 cm³/mol. The first-order valence-corrected chi connectivity index (χ1v) is 7.61. The molecule has 2 atom stereocenters. The Hall–Kier alpha value is -1.05. The second-order valence-electron chi connectivity index (χ2n) is 5.01. The van der Waals surface area contributed by atoms with Crippen LogP contribution in [-0.2, 0) is 10.0 Å². The monoisotopic (exact) mass is 288 g/mol. The van der Waals surface area contributed by atoms with E-state index in [1.165, 1.54) is 4.31 Å². The Bertz CT molecular complexity index is 594.